The van der Waals surface area contributed by atoms with Gasteiger partial charge >= 0.3 is 15.5 Å². The fourth-order valence-corrected chi connectivity index (χ4v) is 6.73. The molecule has 2 aromatic rings. The molecule has 7 heteroatoms. The lowest BCUT2D eigenvalue weighted by atomic mass is 9.80. The van der Waals surface area contributed by atoms with E-state index < -0.39 is 21.4 Å². The maximum absolute atomic E-state index is 13.9. The lowest BCUT2D eigenvalue weighted by Crippen LogP contribution is -2.40. The second-order valence-electron chi connectivity index (χ2n) is 12.2. The zero-order valence-corrected chi connectivity index (χ0v) is 23.7. The van der Waals surface area contributed by atoms with E-state index in [1.807, 2.05) is 12.1 Å². The predicted molar refractivity (Wildman–Crippen MR) is 151 cm³/mol. The molecule has 0 aromatic heterocycles. The lowest BCUT2D eigenvalue weighted by molar-refractivity contribution is -0.0435. The van der Waals surface area contributed by atoms with Gasteiger partial charge in [-0.2, -0.15) is 21.6 Å². The van der Waals surface area contributed by atoms with Gasteiger partial charge in [-0.15, -0.1) is 0 Å². The Morgan fingerprint density at radius 1 is 0.641 bits per heavy atom. The number of benzene rings is 2. The maximum Gasteiger partial charge on any atom is 0.517 e. The highest BCUT2D eigenvalue weighted by atomic mass is 32.2. The molecule has 0 saturated carbocycles. The van der Waals surface area contributed by atoms with Crippen LogP contribution in [0.2, 0.25) is 0 Å². The first-order valence-corrected chi connectivity index (χ1v) is 14.3. The molecule has 3 aliphatic rings. The first kappa shape index (κ1) is 27.3. The van der Waals surface area contributed by atoms with Crippen LogP contribution in [0.4, 0.5) is 24.5 Å². The molecule has 0 atom stereocenters. The number of para-hydroxylation sites is 2. The summed E-state index contributed by atoms with van der Waals surface area (Å²) in [5.41, 5.74) is 0.869. The van der Waals surface area contributed by atoms with Crippen LogP contribution in [0, 0.1) is 0 Å². The molecule has 2 aliphatic carbocycles. The maximum atomic E-state index is 13.9. The number of anilines is 2. The van der Waals surface area contributed by atoms with Crippen LogP contribution in [0.25, 0.3) is 11.1 Å². The molecule has 39 heavy (non-hydrogen) atoms. The first-order chi connectivity index (χ1) is 18.0. The Kier molecular flexibility index (Phi) is 6.18. The number of sulfonamides is 1. The van der Waals surface area contributed by atoms with Gasteiger partial charge in [0.2, 0.25) is 0 Å². The third-order valence-corrected chi connectivity index (χ3v) is 8.90. The molecule has 5 rings (SSSR count). The van der Waals surface area contributed by atoms with Crippen LogP contribution in [-0.4, -0.2) is 13.9 Å². The van der Waals surface area contributed by atoms with Crippen LogP contribution in [-0.2, 0) is 20.9 Å². The lowest BCUT2D eigenvalue weighted by Gasteiger charge is -2.37. The van der Waals surface area contributed by atoms with E-state index in [4.69, 9.17) is 0 Å². The van der Waals surface area contributed by atoms with Gasteiger partial charge in [0.1, 0.15) is 0 Å². The van der Waals surface area contributed by atoms with Crippen molar-refractivity contribution in [2.75, 3.05) is 4.31 Å². The Hall–Kier alpha value is -3.32. The average Bonchev–Trinajstić information content (AvgIpc) is 3.08. The number of halogens is 3. The third-order valence-electron chi connectivity index (χ3n) is 7.44. The molecule has 1 heterocycles. The quantitative estimate of drug-likeness (QED) is 0.250. The van der Waals surface area contributed by atoms with E-state index in [1.54, 1.807) is 36.4 Å². The van der Waals surface area contributed by atoms with Crippen molar-refractivity contribution >= 4 is 21.4 Å². The van der Waals surface area contributed by atoms with Gasteiger partial charge in [-0.1, -0.05) is 102 Å². The van der Waals surface area contributed by atoms with E-state index in [-0.39, 0.29) is 22.2 Å². The van der Waals surface area contributed by atoms with Gasteiger partial charge in [0.05, 0.1) is 11.4 Å². The summed E-state index contributed by atoms with van der Waals surface area (Å²) in [6.45, 7) is 13.1. The summed E-state index contributed by atoms with van der Waals surface area (Å²) in [7, 11) is -5.69. The molecule has 0 spiro atoms. The van der Waals surface area contributed by atoms with Crippen molar-refractivity contribution in [1.82, 2.24) is 0 Å². The standard InChI is InChI=1S/C32H32F3NO2S/c1-30(2,3)25-19-26(31(4,5)6)24-18-20(12-11-15-21(24)25)29-22-13-7-9-16-27(22)36(39(37,38)32(33,34)35)28-17-10-8-14-23(28)29/h7-19,29H,1-6H3. The number of hydrogen-bond donors (Lipinski definition) is 0. The van der Waals surface area contributed by atoms with Gasteiger partial charge in [-0.25, -0.2) is 4.31 Å². The second-order valence-corrected chi connectivity index (χ2v) is 14.0. The van der Waals surface area contributed by atoms with Crippen LogP contribution in [0.5, 0.6) is 0 Å². The van der Waals surface area contributed by atoms with Crippen molar-refractivity contribution in [3.8, 4) is 11.1 Å². The molecular formula is C32H32F3NO2S. The van der Waals surface area contributed by atoms with Gasteiger partial charge in [0, 0.05) is 5.92 Å². The number of rotatable bonds is 2. The SMILES string of the molecule is CC(C)(C)c1cc(C(C)(C)C)c2cc(C3c4ccccc4N(S(=O)(=O)C(F)(F)F)c4ccccc43)cccc1-2. The van der Waals surface area contributed by atoms with Gasteiger partial charge in [-0.3, -0.25) is 0 Å². The molecule has 204 valence electrons. The predicted octanol–water partition coefficient (Wildman–Crippen LogP) is 8.87. The van der Waals surface area contributed by atoms with Crippen molar-refractivity contribution in [3.63, 3.8) is 0 Å². The monoisotopic (exact) mass is 551 g/mol. The molecule has 0 radical (unpaired) electrons. The Morgan fingerprint density at radius 2 is 1.13 bits per heavy atom. The van der Waals surface area contributed by atoms with E-state index in [2.05, 4.69) is 59.7 Å². The smallest absolute Gasteiger partial charge is 0.230 e. The normalized spacial score (nSPS) is 14.8. The topological polar surface area (TPSA) is 37.4 Å². The molecular weight excluding hydrogens is 519 g/mol. The Bertz CT molecular complexity index is 1600. The fraction of sp³-hybridized carbons (Fsp3) is 0.312. The van der Waals surface area contributed by atoms with E-state index in [0.29, 0.717) is 15.4 Å². The highest BCUT2D eigenvalue weighted by molar-refractivity contribution is 7.94. The molecule has 0 amide bonds. The van der Waals surface area contributed by atoms with Crippen molar-refractivity contribution in [2.45, 2.75) is 63.8 Å². The zero-order chi connectivity index (χ0) is 28.5. The van der Waals surface area contributed by atoms with E-state index in [0.717, 1.165) is 16.7 Å². The molecule has 0 N–H and O–H groups in total. The van der Waals surface area contributed by atoms with Gasteiger partial charge < -0.3 is 0 Å². The summed E-state index contributed by atoms with van der Waals surface area (Å²) >= 11 is 0. The number of alkyl halides is 3. The van der Waals surface area contributed by atoms with Gasteiger partial charge in [0.15, 0.2) is 0 Å². The summed E-state index contributed by atoms with van der Waals surface area (Å²) < 4.78 is 67.8. The summed E-state index contributed by atoms with van der Waals surface area (Å²) in [6.07, 6.45) is 0. The van der Waals surface area contributed by atoms with E-state index in [9.17, 15) is 21.6 Å². The van der Waals surface area contributed by atoms with Crippen LogP contribution >= 0.6 is 0 Å². The largest absolute Gasteiger partial charge is 0.517 e. The van der Waals surface area contributed by atoms with Crippen molar-refractivity contribution in [1.29, 1.82) is 0 Å². The minimum atomic E-state index is -5.69. The van der Waals surface area contributed by atoms with Gasteiger partial charge in [-0.05, 0) is 68.0 Å². The highest BCUT2D eigenvalue weighted by Crippen LogP contribution is 2.52. The van der Waals surface area contributed by atoms with Crippen LogP contribution in [0.3, 0.4) is 0 Å². The average molecular weight is 552 g/mol. The molecule has 0 fully saturated rings. The summed E-state index contributed by atoms with van der Waals surface area (Å²) in [5.74, 6) is -0.464. The minimum absolute atomic E-state index is 0.00945. The fourth-order valence-electron chi connectivity index (χ4n) is 5.67. The van der Waals surface area contributed by atoms with E-state index in [1.165, 1.54) is 23.3 Å². The van der Waals surface area contributed by atoms with Crippen molar-refractivity contribution < 1.29 is 21.6 Å². The molecule has 0 unspecified atom stereocenters. The summed E-state index contributed by atoms with van der Waals surface area (Å²) in [6, 6.07) is 23.4. The molecule has 0 bridgehead atoms. The highest BCUT2D eigenvalue weighted by Gasteiger charge is 2.53. The van der Waals surface area contributed by atoms with Crippen LogP contribution < -0.4 is 4.31 Å². The first-order valence-electron chi connectivity index (χ1n) is 12.9. The van der Waals surface area contributed by atoms with Gasteiger partial charge in [0.25, 0.3) is 0 Å². The Balaban J connectivity index is 1.81. The summed E-state index contributed by atoms with van der Waals surface area (Å²) in [4.78, 5) is 0. The molecule has 2 aromatic carbocycles. The van der Waals surface area contributed by atoms with E-state index >= 15 is 0 Å². The molecule has 0 saturated heterocycles. The number of fused-ring (bicyclic) bond motifs is 3. The molecule has 3 nitrogen and oxygen atoms in total. The summed E-state index contributed by atoms with van der Waals surface area (Å²) in [5, 5.41) is 0. The second kappa shape index (κ2) is 8.85. The third kappa shape index (κ3) is 4.41. The van der Waals surface area contributed by atoms with Crippen LogP contribution in [0.1, 0.15) is 75.3 Å². The number of hydrogen-bond acceptors (Lipinski definition) is 2. The van der Waals surface area contributed by atoms with Crippen LogP contribution in [0.15, 0.2) is 78.9 Å². The molecule has 1 aliphatic heterocycles. The Morgan fingerprint density at radius 3 is 1.62 bits per heavy atom. The van der Waals surface area contributed by atoms with Crippen molar-refractivity contribution in [3.05, 3.63) is 107 Å². The number of nitrogens with zero attached hydrogens (tertiary/aromatic N) is 1. The Labute approximate surface area is 228 Å². The minimum Gasteiger partial charge on any atom is -0.230 e. The zero-order valence-electron chi connectivity index (χ0n) is 22.9. The van der Waals surface area contributed by atoms with Crippen molar-refractivity contribution in [2.24, 2.45) is 0 Å².